The summed E-state index contributed by atoms with van der Waals surface area (Å²) in [6.45, 7) is 4.31. The van der Waals surface area contributed by atoms with Crippen LogP contribution in [0, 0.1) is 5.92 Å². The zero-order valence-electron chi connectivity index (χ0n) is 15.6. The molecule has 2 aromatic rings. The van der Waals surface area contributed by atoms with Crippen molar-refractivity contribution in [3.05, 3.63) is 71.3 Å². The Morgan fingerprint density at radius 2 is 1.48 bits per heavy atom. The highest BCUT2D eigenvalue weighted by molar-refractivity contribution is 6.21. The summed E-state index contributed by atoms with van der Waals surface area (Å²) < 4.78 is 0. The third-order valence-corrected chi connectivity index (χ3v) is 4.68. The molecule has 1 atom stereocenters. The Labute approximate surface area is 159 Å². The van der Waals surface area contributed by atoms with Crippen LogP contribution in [0.15, 0.2) is 54.6 Å². The molecule has 0 bridgehead atoms. The second-order valence-electron chi connectivity index (χ2n) is 7.22. The molecule has 0 fully saturated rings. The summed E-state index contributed by atoms with van der Waals surface area (Å²) in [7, 11) is 0. The lowest BCUT2D eigenvalue weighted by molar-refractivity contribution is -0.122. The molecule has 0 aliphatic carbocycles. The van der Waals surface area contributed by atoms with Gasteiger partial charge in [-0.15, -0.1) is 0 Å². The lowest BCUT2D eigenvalue weighted by Crippen LogP contribution is -2.36. The van der Waals surface area contributed by atoms with Gasteiger partial charge in [-0.25, -0.2) is 0 Å². The predicted molar refractivity (Wildman–Crippen MR) is 103 cm³/mol. The SMILES string of the molecule is CC(C)CC(NC(=O)CCN1C(=O)c2ccccc2C1=O)c1ccccc1. The van der Waals surface area contributed by atoms with Crippen LogP contribution in [0.2, 0.25) is 0 Å². The number of carbonyl (C=O) groups excluding carboxylic acids is 3. The summed E-state index contributed by atoms with van der Waals surface area (Å²) in [5, 5.41) is 3.05. The zero-order chi connectivity index (χ0) is 19.4. The summed E-state index contributed by atoms with van der Waals surface area (Å²) in [5.74, 6) is -0.400. The Kier molecular flexibility index (Phi) is 5.69. The van der Waals surface area contributed by atoms with E-state index < -0.39 is 0 Å². The van der Waals surface area contributed by atoms with Crippen LogP contribution in [0.25, 0.3) is 0 Å². The molecule has 0 aromatic heterocycles. The number of amides is 3. The van der Waals surface area contributed by atoms with Crippen molar-refractivity contribution in [1.29, 1.82) is 0 Å². The number of nitrogens with zero attached hydrogens (tertiary/aromatic N) is 1. The molecule has 1 heterocycles. The minimum atomic E-state index is -0.329. The van der Waals surface area contributed by atoms with E-state index in [0.717, 1.165) is 16.9 Å². The zero-order valence-corrected chi connectivity index (χ0v) is 15.6. The molecule has 3 amide bonds. The molecule has 0 spiro atoms. The Morgan fingerprint density at radius 1 is 0.926 bits per heavy atom. The molecule has 5 nitrogen and oxygen atoms in total. The molecule has 1 N–H and O–H groups in total. The Balaban J connectivity index is 1.62. The third kappa shape index (κ3) is 4.25. The van der Waals surface area contributed by atoms with Gasteiger partial charge in [0.05, 0.1) is 17.2 Å². The number of benzene rings is 2. The van der Waals surface area contributed by atoms with E-state index in [1.54, 1.807) is 24.3 Å². The van der Waals surface area contributed by atoms with E-state index in [0.29, 0.717) is 17.0 Å². The number of fused-ring (bicyclic) bond motifs is 1. The van der Waals surface area contributed by atoms with Crippen LogP contribution >= 0.6 is 0 Å². The Morgan fingerprint density at radius 3 is 2.04 bits per heavy atom. The van der Waals surface area contributed by atoms with E-state index in [-0.39, 0.29) is 36.7 Å². The Bertz CT molecular complexity index is 811. The first kappa shape index (κ1) is 18.8. The van der Waals surface area contributed by atoms with Crippen LogP contribution in [0.4, 0.5) is 0 Å². The van der Waals surface area contributed by atoms with Crippen molar-refractivity contribution in [1.82, 2.24) is 10.2 Å². The van der Waals surface area contributed by atoms with Crippen LogP contribution < -0.4 is 5.32 Å². The molecule has 1 aliphatic heterocycles. The van der Waals surface area contributed by atoms with E-state index >= 15 is 0 Å². The first-order valence-corrected chi connectivity index (χ1v) is 9.27. The second-order valence-corrected chi connectivity index (χ2v) is 7.22. The molecule has 140 valence electrons. The Hall–Kier alpha value is -2.95. The van der Waals surface area contributed by atoms with Gasteiger partial charge in [-0.05, 0) is 30.0 Å². The van der Waals surface area contributed by atoms with Crippen LogP contribution in [0.5, 0.6) is 0 Å². The highest BCUT2D eigenvalue weighted by Gasteiger charge is 2.35. The van der Waals surface area contributed by atoms with Crippen molar-refractivity contribution in [3.8, 4) is 0 Å². The first-order chi connectivity index (χ1) is 13.0. The van der Waals surface area contributed by atoms with Gasteiger partial charge in [-0.3, -0.25) is 19.3 Å². The maximum atomic E-state index is 12.5. The van der Waals surface area contributed by atoms with Gasteiger partial charge >= 0.3 is 0 Å². The highest BCUT2D eigenvalue weighted by Crippen LogP contribution is 2.23. The van der Waals surface area contributed by atoms with Crippen molar-refractivity contribution >= 4 is 17.7 Å². The van der Waals surface area contributed by atoms with Crippen molar-refractivity contribution < 1.29 is 14.4 Å². The van der Waals surface area contributed by atoms with Gasteiger partial charge in [0, 0.05) is 13.0 Å². The molecular formula is C22H24N2O3. The smallest absolute Gasteiger partial charge is 0.261 e. The molecule has 0 radical (unpaired) electrons. The number of carbonyl (C=O) groups is 3. The maximum absolute atomic E-state index is 12.5. The lowest BCUT2D eigenvalue weighted by atomic mass is 9.97. The van der Waals surface area contributed by atoms with Gasteiger partial charge in [-0.1, -0.05) is 56.3 Å². The van der Waals surface area contributed by atoms with Gasteiger partial charge in [-0.2, -0.15) is 0 Å². The quantitative estimate of drug-likeness (QED) is 0.764. The number of hydrogen-bond donors (Lipinski definition) is 1. The molecule has 0 saturated carbocycles. The standard InChI is InChI=1S/C22H24N2O3/c1-15(2)14-19(16-8-4-3-5-9-16)23-20(25)12-13-24-21(26)17-10-6-7-11-18(17)22(24)27/h3-11,15,19H,12-14H2,1-2H3,(H,23,25). The molecule has 2 aromatic carbocycles. The largest absolute Gasteiger partial charge is 0.349 e. The minimum Gasteiger partial charge on any atom is -0.349 e. The second kappa shape index (κ2) is 8.16. The topological polar surface area (TPSA) is 66.5 Å². The van der Waals surface area contributed by atoms with Crippen molar-refractivity contribution in [3.63, 3.8) is 0 Å². The average Bonchev–Trinajstić information content (AvgIpc) is 2.91. The first-order valence-electron chi connectivity index (χ1n) is 9.27. The van der Waals surface area contributed by atoms with Crippen LogP contribution in [-0.4, -0.2) is 29.2 Å². The minimum absolute atomic E-state index is 0.0825. The monoisotopic (exact) mass is 364 g/mol. The van der Waals surface area contributed by atoms with E-state index in [9.17, 15) is 14.4 Å². The third-order valence-electron chi connectivity index (χ3n) is 4.68. The van der Waals surface area contributed by atoms with Crippen molar-refractivity contribution in [2.75, 3.05) is 6.54 Å². The predicted octanol–water partition coefficient (Wildman–Crippen LogP) is 3.58. The average molecular weight is 364 g/mol. The van der Waals surface area contributed by atoms with Crippen LogP contribution in [0.1, 0.15) is 59.0 Å². The van der Waals surface area contributed by atoms with Crippen LogP contribution in [0.3, 0.4) is 0 Å². The summed E-state index contributed by atoms with van der Waals surface area (Å²) in [5.41, 5.74) is 1.87. The summed E-state index contributed by atoms with van der Waals surface area (Å²) in [6, 6.07) is 16.5. The molecule has 5 heteroatoms. The van der Waals surface area contributed by atoms with E-state index in [4.69, 9.17) is 0 Å². The van der Waals surface area contributed by atoms with Gasteiger partial charge in [0.25, 0.3) is 11.8 Å². The molecule has 1 unspecified atom stereocenters. The highest BCUT2D eigenvalue weighted by atomic mass is 16.2. The molecule has 0 saturated heterocycles. The summed E-state index contributed by atoms with van der Waals surface area (Å²) in [6.07, 6.45) is 0.912. The fraction of sp³-hybridized carbons (Fsp3) is 0.318. The summed E-state index contributed by atoms with van der Waals surface area (Å²) in [4.78, 5) is 38.4. The summed E-state index contributed by atoms with van der Waals surface area (Å²) >= 11 is 0. The van der Waals surface area contributed by atoms with Gasteiger partial charge in [0.1, 0.15) is 0 Å². The fourth-order valence-corrected chi connectivity index (χ4v) is 3.36. The molecule has 3 rings (SSSR count). The van der Waals surface area contributed by atoms with Gasteiger partial charge < -0.3 is 5.32 Å². The van der Waals surface area contributed by atoms with Gasteiger partial charge in [0.15, 0.2) is 0 Å². The number of imide groups is 1. The molecule has 27 heavy (non-hydrogen) atoms. The van der Waals surface area contributed by atoms with Gasteiger partial charge in [0.2, 0.25) is 5.91 Å². The number of rotatable bonds is 7. The van der Waals surface area contributed by atoms with Crippen molar-refractivity contribution in [2.24, 2.45) is 5.92 Å². The maximum Gasteiger partial charge on any atom is 0.261 e. The van der Waals surface area contributed by atoms with Crippen molar-refractivity contribution in [2.45, 2.75) is 32.7 Å². The normalized spacial score (nSPS) is 14.4. The molecule has 1 aliphatic rings. The van der Waals surface area contributed by atoms with E-state index in [1.807, 2.05) is 30.3 Å². The number of hydrogen-bond acceptors (Lipinski definition) is 3. The van der Waals surface area contributed by atoms with Crippen LogP contribution in [-0.2, 0) is 4.79 Å². The lowest BCUT2D eigenvalue weighted by Gasteiger charge is -2.22. The fourth-order valence-electron chi connectivity index (χ4n) is 3.36. The van der Waals surface area contributed by atoms with E-state index in [2.05, 4.69) is 19.2 Å². The number of nitrogens with one attached hydrogen (secondary N) is 1. The van der Waals surface area contributed by atoms with E-state index in [1.165, 1.54) is 0 Å². The molecular weight excluding hydrogens is 340 g/mol.